The number of pyridine rings is 1. The number of nitrogens with one attached hydrogen (secondary N) is 1. The van der Waals surface area contributed by atoms with E-state index in [4.69, 9.17) is 0 Å². The van der Waals surface area contributed by atoms with Crippen LogP contribution < -0.4 is 5.32 Å². The maximum atomic E-state index is 13.3. The molecular weight excluding hydrogens is 303 g/mol. The van der Waals surface area contributed by atoms with E-state index in [9.17, 15) is 9.18 Å². The van der Waals surface area contributed by atoms with Gasteiger partial charge in [-0.15, -0.1) is 0 Å². The minimum atomic E-state index is -0.282. The molecule has 3 atom stereocenters. The van der Waals surface area contributed by atoms with Gasteiger partial charge in [-0.2, -0.15) is 0 Å². The summed E-state index contributed by atoms with van der Waals surface area (Å²) in [5, 5.41) is 3.61. The quantitative estimate of drug-likeness (QED) is 0.865. The minimum Gasteiger partial charge on any atom is -0.311 e. The third-order valence-electron chi connectivity index (χ3n) is 5.25. The van der Waals surface area contributed by atoms with Crippen LogP contribution in [0.2, 0.25) is 0 Å². The molecule has 124 valence electrons. The van der Waals surface area contributed by atoms with Gasteiger partial charge in [-0.1, -0.05) is 12.1 Å². The molecule has 1 aromatic heterocycles. The van der Waals surface area contributed by atoms with Crippen LogP contribution in [0.1, 0.15) is 42.5 Å². The zero-order valence-corrected chi connectivity index (χ0v) is 13.5. The SMILES string of the molecule is O=C(CC1C[C@H]2CC[C@@H](C1)N2)c1ccc(-c2cccc(F)c2)nc1. The number of carbonyl (C=O) groups is 1. The fourth-order valence-electron chi connectivity index (χ4n) is 4.10. The molecule has 2 aliphatic rings. The van der Waals surface area contributed by atoms with Gasteiger partial charge in [0.25, 0.3) is 0 Å². The van der Waals surface area contributed by atoms with E-state index in [1.807, 2.05) is 12.1 Å². The van der Waals surface area contributed by atoms with Crippen LogP contribution in [-0.2, 0) is 0 Å². The van der Waals surface area contributed by atoms with Gasteiger partial charge in [-0.3, -0.25) is 9.78 Å². The van der Waals surface area contributed by atoms with Gasteiger partial charge in [0.05, 0.1) is 5.69 Å². The first-order chi connectivity index (χ1) is 11.7. The van der Waals surface area contributed by atoms with Crippen molar-refractivity contribution in [3.8, 4) is 11.3 Å². The van der Waals surface area contributed by atoms with Crippen LogP contribution in [0.25, 0.3) is 11.3 Å². The highest BCUT2D eigenvalue weighted by molar-refractivity contribution is 5.96. The molecule has 1 unspecified atom stereocenters. The molecule has 0 amide bonds. The lowest BCUT2D eigenvalue weighted by molar-refractivity contribution is 0.0945. The number of hydrogen-bond donors (Lipinski definition) is 1. The first-order valence-electron chi connectivity index (χ1n) is 8.68. The molecule has 2 saturated heterocycles. The van der Waals surface area contributed by atoms with Crippen molar-refractivity contribution >= 4 is 5.78 Å². The van der Waals surface area contributed by atoms with Crippen molar-refractivity contribution in [2.45, 2.75) is 44.2 Å². The predicted molar refractivity (Wildman–Crippen MR) is 91.2 cm³/mol. The maximum Gasteiger partial charge on any atom is 0.164 e. The van der Waals surface area contributed by atoms with Crippen LogP contribution in [0.4, 0.5) is 4.39 Å². The summed E-state index contributed by atoms with van der Waals surface area (Å²) in [7, 11) is 0. The van der Waals surface area contributed by atoms with E-state index in [-0.39, 0.29) is 11.6 Å². The van der Waals surface area contributed by atoms with Crippen LogP contribution >= 0.6 is 0 Å². The standard InChI is InChI=1S/C20H21FN2O/c21-16-3-1-2-14(11-16)19-7-4-15(12-22-19)20(24)10-13-8-17-5-6-18(9-13)23-17/h1-4,7,11-13,17-18,23H,5-6,8-10H2/t13?,17-,18+. The summed E-state index contributed by atoms with van der Waals surface area (Å²) in [6.45, 7) is 0. The Morgan fingerprint density at radius 2 is 1.96 bits per heavy atom. The van der Waals surface area contributed by atoms with Crippen molar-refractivity contribution in [2.75, 3.05) is 0 Å². The highest BCUT2D eigenvalue weighted by Gasteiger charge is 2.34. The minimum absolute atomic E-state index is 0.166. The van der Waals surface area contributed by atoms with Crippen molar-refractivity contribution in [3.63, 3.8) is 0 Å². The zero-order valence-electron chi connectivity index (χ0n) is 13.5. The second-order valence-corrected chi connectivity index (χ2v) is 7.05. The van der Waals surface area contributed by atoms with E-state index >= 15 is 0 Å². The van der Waals surface area contributed by atoms with E-state index in [1.54, 1.807) is 18.3 Å². The Morgan fingerprint density at radius 3 is 2.62 bits per heavy atom. The smallest absolute Gasteiger partial charge is 0.164 e. The Hall–Kier alpha value is -2.07. The van der Waals surface area contributed by atoms with Gasteiger partial charge in [-0.25, -0.2) is 4.39 Å². The average molecular weight is 324 g/mol. The lowest BCUT2D eigenvalue weighted by Gasteiger charge is -2.28. The molecule has 0 spiro atoms. The van der Waals surface area contributed by atoms with Crippen molar-refractivity contribution in [1.82, 2.24) is 10.3 Å². The van der Waals surface area contributed by atoms with Gasteiger partial charge in [-0.05, 0) is 55.9 Å². The van der Waals surface area contributed by atoms with Crippen LogP contribution in [-0.4, -0.2) is 22.9 Å². The Kier molecular flexibility index (Phi) is 4.15. The van der Waals surface area contributed by atoms with Crippen LogP contribution in [0.15, 0.2) is 42.6 Å². The summed E-state index contributed by atoms with van der Waals surface area (Å²) >= 11 is 0. The number of ketones is 1. The number of benzene rings is 1. The molecule has 2 aliphatic heterocycles. The molecule has 2 fully saturated rings. The van der Waals surface area contributed by atoms with Crippen molar-refractivity contribution in [1.29, 1.82) is 0 Å². The van der Waals surface area contributed by atoms with Crippen molar-refractivity contribution < 1.29 is 9.18 Å². The summed E-state index contributed by atoms with van der Waals surface area (Å²) in [5.74, 6) is 0.369. The number of aromatic nitrogens is 1. The molecule has 0 saturated carbocycles. The van der Waals surface area contributed by atoms with E-state index in [1.165, 1.54) is 25.0 Å². The first-order valence-corrected chi connectivity index (χ1v) is 8.68. The number of Topliss-reactive ketones (excluding diaryl/α,β-unsaturated/α-hetero) is 1. The molecule has 0 aliphatic carbocycles. The van der Waals surface area contributed by atoms with E-state index in [0.29, 0.717) is 35.7 Å². The number of nitrogens with zero attached hydrogens (tertiary/aromatic N) is 1. The molecule has 3 heterocycles. The van der Waals surface area contributed by atoms with E-state index in [0.717, 1.165) is 18.4 Å². The Labute approximate surface area is 141 Å². The molecule has 1 N–H and O–H groups in total. The molecule has 0 radical (unpaired) electrons. The normalized spacial score (nSPS) is 25.6. The summed E-state index contributed by atoms with van der Waals surface area (Å²) in [6, 6.07) is 11.2. The topological polar surface area (TPSA) is 42.0 Å². The number of rotatable bonds is 4. The molecule has 4 rings (SSSR count). The Morgan fingerprint density at radius 1 is 1.17 bits per heavy atom. The molecule has 1 aromatic carbocycles. The van der Waals surface area contributed by atoms with Gasteiger partial charge in [0.2, 0.25) is 0 Å². The van der Waals surface area contributed by atoms with Crippen molar-refractivity contribution in [2.24, 2.45) is 5.92 Å². The third-order valence-corrected chi connectivity index (χ3v) is 5.25. The first kappa shape index (κ1) is 15.5. The fraction of sp³-hybridized carbons (Fsp3) is 0.400. The number of carbonyl (C=O) groups excluding carboxylic acids is 1. The number of halogens is 1. The molecule has 2 bridgehead atoms. The molecule has 4 heteroatoms. The summed E-state index contributed by atoms with van der Waals surface area (Å²) in [4.78, 5) is 16.9. The van der Waals surface area contributed by atoms with Crippen LogP contribution in [0.5, 0.6) is 0 Å². The second-order valence-electron chi connectivity index (χ2n) is 7.05. The van der Waals surface area contributed by atoms with E-state index < -0.39 is 0 Å². The summed E-state index contributed by atoms with van der Waals surface area (Å²) < 4.78 is 13.3. The Bertz CT molecular complexity index is 732. The molecule has 2 aromatic rings. The van der Waals surface area contributed by atoms with Gasteiger partial charge in [0.1, 0.15) is 5.82 Å². The number of fused-ring (bicyclic) bond motifs is 2. The molecule has 24 heavy (non-hydrogen) atoms. The predicted octanol–water partition coefficient (Wildman–Crippen LogP) is 3.99. The summed E-state index contributed by atoms with van der Waals surface area (Å²) in [6.07, 6.45) is 6.94. The molecular formula is C20H21FN2O. The van der Waals surface area contributed by atoms with Gasteiger partial charge in [0.15, 0.2) is 5.78 Å². The van der Waals surface area contributed by atoms with Crippen molar-refractivity contribution in [3.05, 3.63) is 54.0 Å². The highest BCUT2D eigenvalue weighted by Crippen LogP contribution is 2.33. The summed E-state index contributed by atoms with van der Waals surface area (Å²) in [5.41, 5.74) is 2.07. The van der Waals surface area contributed by atoms with E-state index in [2.05, 4.69) is 10.3 Å². The zero-order chi connectivity index (χ0) is 16.5. The number of hydrogen-bond acceptors (Lipinski definition) is 3. The van der Waals surface area contributed by atoms with Crippen LogP contribution in [0, 0.1) is 11.7 Å². The third kappa shape index (κ3) is 3.24. The van der Waals surface area contributed by atoms with Gasteiger partial charge < -0.3 is 5.32 Å². The molecule has 3 nitrogen and oxygen atoms in total. The second kappa shape index (κ2) is 6.44. The largest absolute Gasteiger partial charge is 0.311 e. The van der Waals surface area contributed by atoms with Gasteiger partial charge in [0, 0.05) is 35.8 Å². The van der Waals surface area contributed by atoms with Gasteiger partial charge >= 0.3 is 0 Å². The Balaban J connectivity index is 1.43. The fourth-order valence-corrected chi connectivity index (χ4v) is 4.10. The lowest BCUT2D eigenvalue weighted by Crippen LogP contribution is -2.38. The maximum absolute atomic E-state index is 13.3. The lowest BCUT2D eigenvalue weighted by atomic mass is 9.87. The van der Waals surface area contributed by atoms with Crippen LogP contribution in [0.3, 0.4) is 0 Å². The monoisotopic (exact) mass is 324 g/mol. The number of piperidine rings is 1. The average Bonchev–Trinajstić information content (AvgIpc) is 2.93. The highest BCUT2D eigenvalue weighted by atomic mass is 19.1.